The third kappa shape index (κ3) is 1.51. The predicted molar refractivity (Wildman–Crippen MR) is 58.7 cm³/mol. The first-order valence-electron chi connectivity index (χ1n) is 4.55. The molecule has 0 saturated heterocycles. The van der Waals surface area contributed by atoms with Gasteiger partial charge in [0, 0.05) is 27.2 Å². The molecule has 0 radical (unpaired) electrons. The Balaban J connectivity index is 2.70. The van der Waals surface area contributed by atoms with Gasteiger partial charge in [0.1, 0.15) is 0 Å². The minimum Gasteiger partial charge on any atom is -0.389 e. The third-order valence-corrected chi connectivity index (χ3v) is 2.65. The number of fused-ring (bicyclic) bond motifs is 1. The zero-order chi connectivity index (χ0) is 10.3. The molecule has 0 fully saturated rings. The van der Waals surface area contributed by atoms with Crippen molar-refractivity contribution in [2.45, 2.75) is 20.0 Å². The normalized spacial score (nSPS) is 13.4. The van der Waals surface area contributed by atoms with Gasteiger partial charge in [0.05, 0.1) is 6.10 Å². The summed E-state index contributed by atoms with van der Waals surface area (Å²) >= 11 is 6.03. The first kappa shape index (κ1) is 9.56. The highest BCUT2D eigenvalue weighted by Gasteiger charge is 2.08. The fourth-order valence-corrected chi connectivity index (χ4v) is 1.96. The van der Waals surface area contributed by atoms with Crippen LogP contribution in [0.2, 0.25) is 5.02 Å². The number of aliphatic hydroxyl groups excluding tert-OH is 1. The molecule has 2 N–H and O–H groups in total. The van der Waals surface area contributed by atoms with Crippen LogP contribution in [0.15, 0.2) is 18.2 Å². The number of nitrogens with one attached hydrogen (secondary N) is 1. The highest BCUT2D eigenvalue weighted by molar-refractivity contribution is 6.32. The number of halogens is 1. The molecule has 0 amide bonds. The number of hydrogen-bond acceptors (Lipinski definition) is 1. The molecule has 1 heterocycles. The lowest BCUT2D eigenvalue weighted by molar-refractivity contribution is 0.199. The van der Waals surface area contributed by atoms with Gasteiger partial charge in [-0.15, -0.1) is 0 Å². The van der Waals surface area contributed by atoms with Gasteiger partial charge >= 0.3 is 0 Å². The van der Waals surface area contributed by atoms with Gasteiger partial charge in [-0.2, -0.15) is 0 Å². The predicted octanol–water partition coefficient (Wildman–Crippen LogP) is 3.18. The van der Waals surface area contributed by atoms with Crippen molar-refractivity contribution >= 4 is 22.5 Å². The highest BCUT2D eigenvalue weighted by Crippen LogP contribution is 2.28. The van der Waals surface area contributed by atoms with Crippen LogP contribution >= 0.6 is 11.6 Å². The maximum atomic E-state index is 9.47. The van der Waals surface area contributed by atoms with E-state index in [2.05, 4.69) is 4.98 Å². The zero-order valence-corrected chi connectivity index (χ0v) is 8.89. The van der Waals surface area contributed by atoms with E-state index in [1.165, 1.54) is 0 Å². The molecule has 0 spiro atoms. The van der Waals surface area contributed by atoms with Crippen LogP contribution in [0.1, 0.15) is 24.3 Å². The summed E-state index contributed by atoms with van der Waals surface area (Å²) in [6.45, 7) is 3.71. The van der Waals surface area contributed by atoms with E-state index in [0.717, 1.165) is 22.2 Å². The molecule has 2 nitrogen and oxygen atoms in total. The van der Waals surface area contributed by atoms with Crippen molar-refractivity contribution in [2.75, 3.05) is 0 Å². The molecule has 2 rings (SSSR count). The summed E-state index contributed by atoms with van der Waals surface area (Å²) in [6.07, 6.45) is -0.532. The largest absolute Gasteiger partial charge is 0.389 e. The molecule has 1 unspecified atom stereocenters. The average molecular weight is 210 g/mol. The Morgan fingerprint density at radius 2 is 2.07 bits per heavy atom. The van der Waals surface area contributed by atoms with Gasteiger partial charge in [-0.1, -0.05) is 11.6 Å². The van der Waals surface area contributed by atoms with Crippen LogP contribution in [-0.2, 0) is 0 Å². The van der Waals surface area contributed by atoms with Gasteiger partial charge in [0.15, 0.2) is 0 Å². The van der Waals surface area contributed by atoms with Gasteiger partial charge in [-0.25, -0.2) is 0 Å². The summed E-state index contributed by atoms with van der Waals surface area (Å²) in [6, 6.07) is 5.81. The van der Waals surface area contributed by atoms with Crippen LogP contribution in [0.4, 0.5) is 0 Å². The number of benzene rings is 1. The second-order valence-electron chi connectivity index (χ2n) is 3.59. The lowest BCUT2D eigenvalue weighted by Gasteiger charge is -2.06. The van der Waals surface area contributed by atoms with Crippen LogP contribution in [0.5, 0.6) is 0 Å². The summed E-state index contributed by atoms with van der Waals surface area (Å²) in [5.41, 5.74) is 2.88. The number of aliphatic hydroxyl groups is 1. The summed E-state index contributed by atoms with van der Waals surface area (Å²) in [5, 5.41) is 11.2. The average Bonchev–Trinajstić information content (AvgIpc) is 2.42. The van der Waals surface area contributed by atoms with Crippen molar-refractivity contribution in [2.24, 2.45) is 0 Å². The summed E-state index contributed by atoms with van der Waals surface area (Å²) in [4.78, 5) is 3.21. The minimum absolute atomic E-state index is 0.532. The molecule has 1 aromatic heterocycles. The molecule has 2 aromatic rings. The molecule has 1 atom stereocenters. The summed E-state index contributed by atoms with van der Waals surface area (Å²) in [5.74, 6) is 0. The Morgan fingerprint density at radius 1 is 1.36 bits per heavy atom. The maximum absolute atomic E-state index is 9.47. The molecule has 0 saturated carbocycles. The molecular formula is C11H12ClNO. The van der Waals surface area contributed by atoms with E-state index < -0.39 is 6.10 Å². The molecule has 1 aromatic carbocycles. The molecule has 0 aliphatic carbocycles. The summed E-state index contributed by atoms with van der Waals surface area (Å²) < 4.78 is 0. The molecule has 0 aliphatic heterocycles. The van der Waals surface area contributed by atoms with Crippen molar-refractivity contribution in [1.29, 1.82) is 0 Å². The molecule has 0 aliphatic rings. The maximum Gasteiger partial charge on any atom is 0.0777 e. The number of aromatic amines is 1. The first-order chi connectivity index (χ1) is 6.58. The highest BCUT2D eigenvalue weighted by atomic mass is 35.5. The van der Waals surface area contributed by atoms with Crippen molar-refractivity contribution in [3.05, 3.63) is 34.5 Å². The smallest absolute Gasteiger partial charge is 0.0777 e. The number of aryl methyl sites for hydroxylation is 1. The van der Waals surface area contributed by atoms with E-state index in [9.17, 15) is 5.11 Å². The Morgan fingerprint density at radius 3 is 2.71 bits per heavy atom. The van der Waals surface area contributed by atoms with Crippen molar-refractivity contribution in [3.8, 4) is 0 Å². The molecule has 0 bridgehead atoms. The quantitative estimate of drug-likeness (QED) is 0.744. The van der Waals surface area contributed by atoms with Gasteiger partial charge in [0.2, 0.25) is 0 Å². The lowest BCUT2D eigenvalue weighted by Crippen LogP contribution is -1.91. The van der Waals surface area contributed by atoms with Gasteiger partial charge in [-0.3, -0.25) is 0 Å². The van der Waals surface area contributed by atoms with Crippen LogP contribution in [0.3, 0.4) is 0 Å². The second-order valence-corrected chi connectivity index (χ2v) is 4.00. The zero-order valence-electron chi connectivity index (χ0n) is 8.13. The number of aromatic nitrogens is 1. The Labute approximate surface area is 87.5 Å². The van der Waals surface area contributed by atoms with Crippen LogP contribution in [0.25, 0.3) is 10.9 Å². The lowest BCUT2D eigenvalue weighted by atomic mass is 10.1. The Kier molecular flexibility index (Phi) is 2.25. The topological polar surface area (TPSA) is 36.0 Å². The molecule has 74 valence electrons. The van der Waals surface area contributed by atoms with Crippen molar-refractivity contribution in [3.63, 3.8) is 0 Å². The van der Waals surface area contributed by atoms with E-state index in [0.29, 0.717) is 5.02 Å². The molecular weight excluding hydrogens is 198 g/mol. The fraction of sp³-hybridized carbons (Fsp3) is 0.273. The number of H-pyrrole nitrogens is 1. The standard InChI is InChI=1S/C11H12ClNO/c1-6-3-8-4-10(12)9(7(2)14)5-11(8)13-6/h3-5,7,13-14H,1-2H3. The van der Waals surface area contributed by atoms with E-state index in [1.54, 1.807) is 6.92 Å². The molecule has 14 heavy (non-hydrogen) atoms. The Bertz CT molecular complexity index is 473. The first-order valence-corrected chi connectivity index (χ1v) is 4.92. The van der Waals surface area contributed by atoms with Crippen molar-refractivity contribution in [1.82, 2.24) is 4.98 Å². The number of rotatable bonds is 1. The Hall–Kier alpha value is -0.990. The number of hydrogen-bond donors (Lipinski definition) is 2. The third-order valence-electron chi connectivity index (χ3n) is 2.32. The van der Waals surface area contributed by atoms with Gasteiger partial charge in [0.25, 0.3) is 0 Å². The fourth-order valence-electron chi connectivity index (χ4n) is 1.63. The molecule has 3 heteroatoms. The van der Waals surface area contributed by atoms with Crippen LogP contribution in [-0.4, -0.2) is 10.1 Å². The van der Waals surface area contributed by atoms with Gasteiger partial charge < -0.3 is 10.1 Å². The summed E-state index contributed by atoms with van der Waals surface area (Å²) in [7, 11) is 0. The van der Waals surface area contributed by atoms with Gasteiger partial charge in [-0.05, 0) is 32.0 Å². The van der Waals surface area contributed by atoms with Crippen LogP contribution in [0, 0.1) is 6.92 Å². The van der Waals surface area contributed by atoms with Crippen molar-refractivity contribution < 1.29 is 5.11 Å². The van der Waals surface area contributed by atoms with E-state index in [4.69, 9.17) is 11.6 Å². The van der Waals surface area contributed by atoms with E-state index >= 15 is 0 Å². The van der Waals surface area contributed by atoms with Crippen LogP contribution < -0.4 is 0 Å². The SMILES string of the molecule is Cc1cc2cc(Cl)c(C(C)O)cc2[nH]1. The monoisotopic (exact) mass is 209 g/mol. The second kappa shape index (κ2) is 3.30. The van der Waals surface area contributed by atoms with E-state index in [1.807, 2.05) is 25.1 Å². The van der Waals surface area contributed by atoms with E-state index in [-0.39, 0.29) is 0 Å². The minimum atomic E-state index is -0.532.